The van der Waals surface area contributed by atoms with Crippen LogP contribution in [0.25, 0.3) is 0 Å². The number of ether oxygens (including phenoxy) is 1. The molecule has 1 heterocycles. The maximum atomic E-state index is 12.2. The summed E-state index contributed by atoms with van der Waals surface area (Å²) >= 11 is 5.14. The lowest BCUT2D eigenvalue weighted by molar-refractivity contribution is -0.141. The highest BCUT2D eigenvalue weighted by atomic mass is 79.9. The topological polar surface area (TPSA) is 73.2 Å². The number of nitrogens with one attached hydrogen (secondary N) is 1. The number of rotatable bonds is 5. The molecule has 1 N–H and O–H groups in total. The van der Waals surface area contributed by atoms with Crippen molar-refractivity contribution in [2.24, 2.45) is 0 Å². The zero-order chi connectivity index (χ0) is 15.4. The van der Waals surface area contributed by atoms with E-state index in [9.17, 15) is 9.59 Å². The summed E-state index contributed by atoms with van der Waals surface area (Å²) in [6.07, 6.45) is 7.14. The van der Waals surface area contributed by atoms with Crippen LogP contribution in [0.15, 0.2) is 15.5 Å². The molecule has 0 amide bonds. The molecule has 1 aliphatic carbocycles. The van der Waals surface area contributed by atoms with Crippen LogP contribution in [0.5, 0.6) is 0 Å². The summed E-state index contributed by atoms with van der Waals surface area (Å²) in [5, 5.41) is 7.96. The molecule has 0 aliphatic heterocycles. The average molecular weight is 376 g/mol. The van der Waals surface area contributed by atoms with Crippen molar-refractivity contribution in [3.8, 4) is 0 Å². The molecule has 6 nitrogen and oxygen atoms in total. The summed E-state index contributed by atoms with van der Waals surface area (Å²) in [5.41, 5.74) is 0.330. The molecule has 116 valence electrons. The van der Waals surface area contributed by atoms with Crippen LogP contribution in [0, 0.1) is 0 Å². The SMILES string of the molecule is COC(=O)Cn1ncc(NC2CCCC2SC)c(Br)c1=O. The van der Waals surface area contributed by atoms with Crippen LogP contribution < -0.4 is 10.9 Å². The fourth-order valence-electron chi connectivity index (χ4n) is 2.44. The molecule has 0 bridgehead atoms. The second-order valence-electron chi connectivity index (χ2n) is 4.87. The van der Waals surface area contributed by atoms with E-state index in [-0.39, 0.29) is 12.1 Å². The lowest BCUT2D eigenvalue weighted by Gasteiger charge is -2.21. The lowest BCUT2D eigenvalue weighted by Crippen LogP contribution is -2.31. The number of hydrogen-bond acceptors (Lipinski definition) is 6. The lowest BCUT2D eigenvalue weighted by atomic mass is 10.2. The number of methoxy groups -OCH3 is 1. The predicted octanol–water partition coefficient (Wildman–Crippen LogP) is 1.87. The Morgan fingerprint density at radius 2 is 2.38 bits per heavy atom. The molecule has 8 heteroatoms. The Morgan fingerprint density at radius 1 is 1.62 bits per heavy atom. The van der Waals surface area contributed by atoms with E-state index in [0.29, 0.717) is 21.5 Å². The van der Waals surface area contributed by atoms with Gasteiger partial charge in [0.2, 0.25) is 0 Å². The van der Waals surface area contributed by atoms with E-state index in [4.69, 9.17) is 0 Å². The molecule has 1 aliphatic rings. The highest BCUT2D eigenvalue weighted by Crippen LogP contribution is 2.31. The minimum absolute atomic E-state index is 0.189. The molecule has 0 saturated heterocycles. The van der Waals surface area contributed by atoms with E-state index in [1.165, 1.54) is 20.0 Å². The third-order valence-electron chi connectivity index (χ3n) is 3.59. The molecule has 2 unspecified atom stereocenters. The fraction of sp³-hybridized carbons (Fsp3) is 0.615. The maximum absolute atomic E-state index is 12.2. The number of carbonyl (C=O) groups excluding carboxylic acids is 1. The number of hydrogen-bond donors (Lipinski definition) is 1. The Morgan fingerprint density at radius 3 is 3.05 bits per heavy atom. The Labute approximate surface area is 135 Å². The predicted molar refractivity (Wildman–Crippen MR) is 86.8 cm³/mol. The van der Waals surface area contributed by atoms with Crippen molar-refractivity contribution in [1.29, 1.82) is 0 Å². The van der Waals surface area contributed by atoms with Crippen molar-refractivity contribution in [2.75, 3.05) is 18.7 Å². The molecule has 21 heavy (non-hydrogen) atoms. The molecule has 1 saturated carbocycles. The molecule has 0 spiro atoms. The van der Waals surface area contributed by atoms with E-state index < -0.39 is 5.97 Å². The number of halogens is 1. The van der Waals surface area contributed by atoms with E-state index in [1.54, 1.807) is 6.20 Å². The van der Waals surface area contributed by atoms with Gasteiger partial charge < -0.3 is 10.1 Å². The first-order chi connectivity index (χ1) is 10.1. The van der Waals surface area contributed by atoms with Gasteiger partial charge in [-0.15, -0.1) is 0 Å². The minimum Gasteiger partial charge on any atom is -0.468 e. The van der Waals surface area contributed by atoms with Crippen molar-refractivity contribution in [2.45, 2.75) is 37.1 Å². The van der Waals surface area contributed by atoms with Crippen LogP contribution in [0.4, 0.5) is 5.69 Å². The van der Waals surface area contributed by atoms with Crippen LogP contribution in [-0.4, -0.2) is 40.4 Å². The number of nitrogens with zero attached hydrogens (tertiary/aromatic N) is 2. The Hall–Kier alpha value is -1.02. The first-order valence-corrected chi connectivity index (χ1v) is 8.76. The molecule has 0 radical (unpaired) electrons. The van der Waals surface area contributed by atoms with E-state index in [1.807, 2.05) is 11.8 Å². The van der Waals surface area contributed by atoms with Crippen molar-refractivity contribution in [3.63, 3.8) is 0 Å². The van der Waals surface area contributed by atoms with Gasteiger partial charge in [0.05, 0.1) is 19.0 Å². The fourth-order valence-corrected chi connectivity index (χ4v) is 3.79. The summed E-state index contributed by atoms with van der Waals surface area (Å²) < 4.78 is 6.02. The van der Waals surface area contributed by atoms with Crippen molar-refractivity contribution in [1.82, 2.24) is 9.78 Å². The monoisotopic (exact) mass is 375 g/mol. The van der Waals surface area contributed by atoms with Gasteiger partial charge in [-0.2, -0.15) is 16.9 Å². The molecule has 2 atom stereocenters. The molecule has 2 rings (SSSR count). The second kappa shape index (κ2) is 7.31. The third kappa shape index (κ3) is 3.79. The number of aromatic nitrogens is 2. The zero-order valence-electron chi connectivity index (χ0n) is 12.0. The van der Waals surface area contributed by atoms with Gasteiger partial charge in [-0.25, -0.2) is 4.68 Å². The molecule has 0 aromatic carbocycles. The summed E-state index contributed by atoms with van der Waals surface area (Å²) in [6, 6.07) is 0.342. The van der Waals surface area contributed by atoms with Crippen LogP contribution in [0.3, 0.4) is 0 Å². The second-order valence-corrected chi connectivity index (χ2v) is 6.74. The zero-order valence-corrected chi connectivity index (χ0v) is 14.4. The van der Waals surface area contributed by atoms with E-state index in [2.05, 4.69) is 37.3 Å². The van der Waals surface area contributed by atoms with Gasteiger partial charge in [-0.3, -0.25) is 9.59 Å². The van der Waals surface area contributed by atoms with Crippen molar-refractivity contribution in [3.05, 3.63) is 21.0 Å². The largest absolute Gasteiger partial charge is 0.468 e. The molecule has 1 aromatic heterocycles. The molecule has 1 fully saturated rings. The smallest absolute Gasteiger partial charge is 0.327 e. The van der Waals surface area contributed by atoms with Gasteiger partial charge >= 0.3 is 5.97 Å². The van der Waals surface area contributed by atoms with Gasteiger partial charge in [0, 0.05) is 11.3 Å². The summed E-state index contributed by atoms with van der Waals surface area (Å²) in [4.78, 5) is 23.4. The number of thioether (sulfide) groups is 1. The normalized spacial score (nSPS) is 21.3. The first-order valence-electron chi connectivity index (χ1n) is 6.68. The number of carbonyl (C=O) groups is 1. The van der Waals surface area contributed by atoms with Crippen LogP contribution in [0.2, 0.25) is 0 Å². The Bertz CT molecular complexity index is 578. The molecular weight excluding hydrogens is 358 g/mol. The summed E-state index contributed by atoms with van der Waals surface area (Å²) in [5.74, 6) is -0.504. The highest BCUT2D eigenvalue weighted by Gasteiger charge is 2.27. The standard InChI is InChI=1S/C13H18BrN3O3S/c1-20-11(18)7-17-13(19)12(14)9(6-15-17)16-8-4-3-5-10(8)21-2/h6,8,10,16H,3-5,7H2,1-2H3. The van der Waals surface area contributed by atoms with Crippen molar-refractivity contribution < 1.29 is 9.53 Å². The van der Waals surface area contributed by atoms with Gasteiger partial charge in [0.25, 0.3) is 5.56 Å². The summed E-state index contributed by atoms with van der Waals surface area (Å²) in [7, 11) is 1.28. The minimum atomic E-state index is -0.504. The quantitative estimate of drug-likeness (QED) is 0.792. The van der Waals surface area contributed by atoms with Gasteiger partial charge in [-0.05, 0) is 35.0 Å². The summed E-state index contributed by atoms with van der Waals surface area (Å²) in [6.45, 7) is -0.189. The Balaban J connectivity index is 2.17. The van der Waals surface area contributed by atoms with Crippen LogP contribution in [0.1, 0.15) is 19.3 Å². The van der Waals surface area contributed by atoms with Crippen molar-refractivity contribution >= 4 is 39.3 Å². The van der Waals surface area contributed by atoms with E-state index >= 15 is 0 Å². The van der Waals surface area contributed by atoms with Gasteiger partial charge in [-0.1, -0.05) is 6.42 Å². The van der Waals surface area contributed by atoms with Gasteiger partial charge in [0.1, 0.15) is 11.0 Å². The molecular formula is C13H18BrN3O3S. The number of anilines is 1. The average Bonchev–Trinajstić information content (AvgIpc) is 2.94. The first kappa shape index (κ1) is 16.4. The Kier molecular flexibility index (Phi) is 5.69. The maximum Gasteiger partial charge on any atom is 0.327 e. The number of esters is 1. The van der Waals surface area contributed by atoms with Crippen LogP contribution in [-0.2, 0) is 16.1 Å². The highest BCUT2D eigenvalue weighted by molar-refractivity contribution is 9.10. The molecule has 1 aromatic rings. The van der Waals surface area contributed by atoms with Crippen LogP contribution >= 0.6 is 27.7 Å². The third-order valence-corrected chi connectivity index (χ3v) is 5.52. The van der Waals surface area contributed by atoms with E-state index in [0.717, 1.165) is 11.1 Å². The van der Waals surface area contributed by atoms with Gasteiger partial charge in [0.15, 0.2) is 0 Å².